The number of carbonyl (C=O) groups is 1. The van der Waals surface area contributed by atoms with E-state index in [2.05, 4.69) is 31.1 Å². The fourth-order valence-corrected chi connectivity index (χ4v) is 4.43. The summed E-state index contributed by atoms with van der Waals surface area (Å²) >= 11 is 0. The molecule has 1 spiro atoms. The molecule has 2 aliphatic rings. The van der Waals surface area contributed by atoms with Gasteiger partial charge in [0.05, 0.1) is 5.69 Å². The Morgan fingerprint density at radius 1 is 1.21 bits per heavy atom. The lowest BCUT2D eigenvalue weighted by Gasteiger charge is -2.40. The number of nitrogens with one attached hydrogen (secondary N) is 2. The molecule has 6 heteroatoms. The number of hydrogen-bond donors (Lipinski definition) is 2. The number of likely N-dealkylation sites (tertiary alicyclic amines) is 1. The predicted molar refractivity (Wildman–Crippen MR) is 110 cm³/mol. The maximum atomic E-state index is 12.8. The second kappa shape index (κ2) is 6.76. The summed E-state index contributed by atoms with van der Waals surface area (Å²) in [4.78, 5) is 35.3. The molecule has 6 nitrogen and oxygen atoms in total. The normalized spacial score (nSPS) is 21.6. The first-order valence-electron chi connectivity index (χ1n) is 10.0. The van der Waals surface area contributed by atoms with E-state index in [1.54, 1.807) is 0 Å². The highest BCUT2D eigenvalue weighted by atomic mass is 16.2. The van der Waals surface area contributed by atoms with Gasteiger partial charge in [-0.05, 0) is 37.8 Å². The lowest BCUT2D eigenvalue weighted by atomic mass is 9.77. The van der Waals surface area contributed by atoms with Crippen molar-refractivity contribution in [3.63, 3.8) is 0 Å². The third-order valence-corrected chi connectivity index (χ3v) is 5.97. The van der Waals surface area contributed by atoms with Gasteiger partial charge in [-0.3, -0.25) is 4.79 Å². The SMILES string of the molecule is CC(C)(C)c1nc2c(c(=O)[nH]1)CCC21CCCN(C(=O)Nc2ccccc2)C1. The number of benzene rings is 1. The van der Waals surface area contributed by atoms with E-state index in [1.807, 2.05) is 35.2 Å². The number of hydrogen-bond acceptors (Lipinski definition) is 3. The van der Waals surface area contributed by atoms with Crippen LogP contribution in [0.15, 0.2) is 35.1 Å². The molecule has 0 radical (unpaired) electrons. The van der Waals surface area contributed by atoms with Gasteiger partial charge in [0, 0.05) is 35.2 Å². The van der Waals surface area contributed by atoms with Crippen LogP contribution in [0.2, 0.25) is 0 Å². The summed E-state index contributed by atoms with van der Waals surface area (Å²) in [6.07, 6.45) is 3.49. The van der Waals surface area contributed by atoms with Gasteiger partial charge in [-0.25, -0.2) is 9.78 Å². The molecule has 1 aromatic carbocycles. The van der Waals surface area contributed by atoms with E-state index in [4.69, 9.17) is 4.98 Å². The van der Waals surface area contributed by atoms with E-state index in [0.717, 1.165) is 55.0 Å². The average molecular weight is 380 g/mol. The minimum absolute atomic E-state index is 0.0161. The van der Waals surface area contributed by atoms with E-state index < -0.39 is 0 Å². The number of para-hydroxylation sites is 1. The van der Waals surface area contributed by atoms with Gasteiger partial charge in [0.2, 0.25) is 0 Å². The van der Waals surface area contributed by atoms with Gasteiger partial charge < -0.3 is 15.2 Å². The highest BCUT2D eigenvalue weighted by Gasteiger charge is 2.46. The topological polar surface area (TPSA) is 78.1 Å². The van der Waals surface area contributed by atoms with Crippen molar-refractivity contribution < 1.29 is 4.79 Å². The predicted octanol–water partition coefficient (Wildman–Crippen LogP) is 3.58. The molecule has 28 heavy (non-hydrogen) atoms. The van der Waals surface area contributed by atoms with Crippen LogP contribution in [0.3, 0.4) is 0 Å². The molecular formula is C22H28N4O2. The third-order valence-electron chi connectivity index (χ3n) is 5.97. The maximum absolute atomic E-state index is 12.8. The number of nitrogens with zero attached hydrogens (tertiary/aromatic N) is 2. The number of aromatic amines is 1. The molecule has 2 heterocycles. The molecule has 1 atom stereocenters. The van der Waals surface area contributed by atoms with Crippen LogP contribution in [0.25, 0.3) is 0 Å². The highest BCUT2D eigenvalue weighted by Crippen LogP contribution is 2.43. The fraction of sp³-hybridized carbons (Fsp3) is 0.500. The second-order valence-electron chi connectivity index (χ2n) is 9.09. The second-order valence-corrected chi connectivity index (χ2v) is 9.09. The number of fused-ring (bicyclic) bond motifs is 2. The summed E-state index contributed by atoms with van der Waals surface area (Å²) in [7, 11) is 0. The van der Waals surface area contributed by atoms with E-state index in [0.29, 0.717) is 6.54 Å². The zero-order valence-corrected chi connectivity index (χ0v) is 16.8. The Labute approximate surface area is 165 Å². The molecule has 1 unspecified atom stereocenters. The number of piperidine rings is 1. The largest absolute Gasteiger partial charge is 0.324 e. The number of amides is 2. The van der Waals surface area contributed by atoms with E-state index >= 15 is 0 Å². The molecule has 4 rings (SSSR count). The van der Waals surface area contributed by atoms with Crippen molar-refractivity contribution in [1.82, 2.24) is 14.9 Å². The zero-order valence-electron chi connectivity index (χ0n) is 16.8. The monoisotopic (exact) mass is 380 g/mol. The Hall–Kier alpha value is -2.63. The average Bonchev–Trinajstić information content (AvgIpc) is 3.00. The highest BCUT2D eigenvalue weighted by molar-refractivity contribution is 5.89. The molecule has 148 valence electrons. The van der Waals surface area contributed by atoms with Crippen LogP contribution in [0, 0.1) is 0 Å². The Morgan fingerprint density at radius 3 is 2.68 bits per heavy atom. The lowest BCUT2D eigenvalue weighted by molar-refractivity contribution is 0.157. The first kappa shape index (κ1) is 18.7. The number of aromatic nitrogens is 2. The molecule has 0 bridgehead atoms. The molecule has 1 aromatic heterocycles. The summed E-state index contributed by atoms with van der Waals surface area (Å²) in [5.74, 6) is 0.725. The van der Waals surface area contributed by atoms with Gasteiger partial charge >= 0.3 is 6.03 Å². The number of H-pyrrole nitrogens is 1. The van der Waals surface area contributed by atoms with Crippen molar-refractivity contribution in [2.45, 2.75) is 57.3 Å². The smallest absolute Gasteiger partial charge is 0.321 e. The summed E-state index contributed by atoms with van der Waals surface area (Å²) in [6, 6.07) is 9.44. The molecule has 1 fully saturated rings. The minimum Gasteiger partial charge on any atom is -0.324 e. The molecule has 2 aromatic rings. The van der Waals surface area contributed by atoms with Crippen LogP contribution in [-0.2, 0) is 17.3 Å². The van der Waals surface area contributed by atoms with Crippen LogP contribution in [0.1, 0.15) is 57.1 Å². The molecule has 2 amide bonds. The van der Waals surface area contributed by atoms with Crippen molar-refractivity contribution in [3.8, 4) is 0 Å². The van der Waals surface area contributed by atoms with Crippen molar-refractivity contribution >= 4 is 11.7 Å². The number of carbonyl (C=O) groups excluding carboxylic acids is 1. The maximum Gasteiger partial charge on any atom is 0.321 e. The Kier molecular flexibility index (Phi) is 4.52. The van der Waals surface area contributed by atoms with Crippen LogP contribution >= 0.6 is 0 Å². The van der Waals surface area contributed by atoms with Crippen molar-refractivity contribution in [2.75, 3.05) is 18.4 Å². The van der Waals surface area contributed by atoms with Gasteiger partial charge in [-0.2, -0.15) is 0 Å². The fourth-order valence-electron chi connectivity index (χ4n) is 4.43. The van der Waals surface area contributed by atoms with Crippen molar-refractivity contribution in [3.05, 3.63) is 57.8 Å². The molecule has 1 aliphatic heterocycles. The quantitative estimate of drug-likeness (QED) is 0.794. The summed E-state index contributed by atoms with van der Waals surface area (Å²) in [6.45, 7) is 7.50. The van der Waals surface area contributed by atoms with Gasteiger partial charge in [0.15, 0.2) is 0 Å². The van der Waals surface area contributed by atoms with Crippen LogP contribution in [0.4, 0.5) is 10.5 Å². The third kappa shape index (κ3) is 3.32. The van der Waals surface area contributed by atoms with Crippen molar-refractivity contribution in [2.24, 2.45) is 0 Å². The molecular weight excluding hydrogens is 352 g/mol. The summed E-state index contributed by atoms with van der Waals surface area (Å²) in [5.41, 5.74) is 2.06. The first-order valence-corrected chi connectivity index (χ1v) is 10.0. The van der Waals surface area contributed by atoms with E-state index in [1.165, 1.54) is 0 Å². The Balaban J connectivity index is 1.63. The molecule has 1 aliphatic carbocycles. The summed E-state index contributed by atoms with van der Waals surface area (Å²) in [5, 5.41) is 2.99. The van der Waals surface area contributed by atoms with Crippen LogP contribution in [0.5, 0.6) is 0 Å². The van der Waals surface area contributed by atoms with E-state index in [9.17, 15) is 9.59 Å². The van der Waals surface area contributed by atoms with E-state index in [-0.39, 0.29) is 22.4 Å². The number of rotatable bonds is 1. The van der Waals surface area contributed by atoms with Crippen LogP contribution in [-0.4, -0.2) is 34.0 Å². The first-order chi connectivity index (χ1) is 13.3. The molecule has 0 saturated carbocycles. The lowest BCUT2D eigenvalue weighted by Crippen LogP contribution is -2.49. The molecule has 1 saturated heterocycles. The zero-order chi connectivity index (χ0) is 19.9. The van der Waals surface area contributed by atoms with Gasteiger partial charge in [0.1, 0.15) is 5.82 Å². The standard InChI is InChI=1S/C22H28N4O2/c1-21(2,3)19-24-17-16(18(27)25-19)10-12-22(17)11-7-13-26(14-22)20(28)23-15-8-5-4-6-9-15/h4-6,8-9H,7,10-14H2,1-3H3,(H,23,28)(H,24,25,27). The van der Waals surface area contributed by atoms with Gasteiger partial charge in [0.25, 0.3) is 5.56 Å². The minimum atomic E-state index is -0.225. The Bertz CT molecular complexity index is 945. The Morgan fingerprint density at radius 2 is 1.96 bits per heavy atom. The molecule has 2 N–H and O–H groups in total. The van der Waals surface area contributed by atoms with Gasteiger partial charge in [-0.15, -0.1) is 0 Å². The number of urea groups is 1. The van der Waals surface area contributed by atoms with Crippen LogP contribution < -0.4 is 10.9 Å². The van der Waals surface area contributed by atoms with Gasteiger partial charge in [-0.1, -0.05) is 39.0 Å². The number of anilines is 1. The van der Waals surface area contributed by atoms with Crippen molar-refractivity contribution in [1.29, 1.82) is 0 Å². The summed E-state index contributed by atoms with van der Waals surface area (Å²) < 4.78 is 0.